The predicted octanol–water partition coefficient (Wildman–Crippen LogP) is 4.85. The number of methoxy groups -OCH3 is 1. The minimum Gasteiger partial charge on any atom is -0.497 e. The monoisotopic (exact) mass is 393 g/mol. The average molecular weight is 393 g/mol. The summed E-state index contributed by atoms with van der Waals surface area (Å²) in [6.45, 7) is 1.89. The summed E-state index contributed by atoms with van der Waals surface area (Å²) >= 11 is 0. The molecule has 2 aromatic heterocycles. The Morgan fingerprint density at radius 3 is 2.69 bits per heavy atom. The molecule has 0 aliphatic heterocycles. The third kappa shape index (κ3) is 3.42. The van der Waals surface area contributed by atoms with Crippen LogP contribution in [0, 0.1) is 18.6 Å². The van der Waals surface area contributed by atoms with Gasteiger partial charge in [-0.05, 0) is 55.0 Å². The lowest BCUT2D eigenvalue weighted by atomic mass is 10.1. The van der Waals surface area contributed by atoms with Gasteiger partial charge in [0.15, 0.2) is 11.6 Å². The molecule has 0 saturated heterocycles. The minimum atomic E-state index is -1.02. The number of nitrogens with zero attached hydrogens (tertiary/aromatic N) is 2. The van der Waals surface area contributed by atoms with E-state index in [0.29, 0.717) is 17.0 Å². The Kier molecular flexibility index (Phi) is 4.72. The SMILES string of the molecule is COc1cccc(C(=O)Nc2c(-c3cccc(F)c3F)nc3cc(C)ccn23)c1. The van der Waals surface area contributed by atoms with Crippen LogP contribution < -0.4 is 10.1 Å². The normalized spacial score (nSPS) is 10.9. The van der Waals surface area contributed by atoms with Gasteiger partial charge in [-0.3, -0.25) is 9.20 Å². The summed E-state index contributed by atoms with van der Waals surface area (Å²) in [7, 11) is 1.51. The van der Waals surface area contributed by atoms with Crippen molar-refractivity contribution in [1.82, 2.24) is 9.38 Å². The molecule has 0 aliphatic carbocycles. The van der Waals surface area contributed by atoms with E-state index < -0.39 is 17.5 Å². The first-order valence-electron chi connectivity index (χ1n) is 8.86. The van der Waals surface area contributed by atoms with Gasteiger partial charge in [0.1, 0.15) is 22.9 Å². The number of amides is 1. The summed E-state index contributed by atoms with van der Waals surface area (Å²) < 4.78 is 35.1. The van der Waals surface area contributed by atoms with Gasteiger partial charge >= 0.3 is 0 Å². The number of aromatic nitrogens is 2. The summed E-state index contributed by atoms with van der Waals surface area (Å²) in [6, 6.07) is 14.1. The molecular formula is C22H17F2N3O2. The van der Waals surface area contributed by atoms with Crippen molar-refractivity contribution in [2.75, 3.05) is 12.4 Å². The molecule has 5 nitrogen and oxygen atoms in total. The molecule has 7 heteroatoms. The van der Waals surface area contributed by atoms with Crippen LogP contribution in [0.4, 0.5) is 14.6 Å². The molecule has 29 heavy (non-hydrogen) atoms. The fourth-order valence-corrected chi connectivity index (χ4v) is 3.08. The largest absolute Gasteiger partial charge is 0.497 e. The fraction of sp³-hybridized carbons (Fsp3) is 0.0909. The second-order valence-corrected chi connectivity index (χ2v) is 6.53. The zero-order chi connectivity index (χ0) is 20.5. The molecule has 1 amide bonds. The second kappa shape index (κ2) is 7.35. The molecule has 0 atom stereocenters. The lowest BCUT2D eigenvalue weighted by Gasteiger charge is -2.09. The van der Waals surface area contributed by atoms with Gasteiger partial charge in [-0.1, -0.05) is 12.1 Å². The first-order chi connectivity index (χ1) is 14.0. The van der Waals surface area contributed by atoms with Crippen LogP contribution in [-0.2, 0) is 0 Å². The number of benzene rings is 2. The third-order valence-electron chi connectivity index (χ3n) is 4.55. The van der Waals surface area contributed by atoms with E-state index in [-0.39, 0.29) is 17.1 Å². The summed E-state index contributed by atoms with van der Waals surface area (Å²) in [5.74, 6) is -1.66. The van der Waals surface area contributed by atoms with Gasteiger partial charge < -0.3 is 10.1 Å². The van der Waals surface area contributed by atoms with Crippen molar-refractivity contribution in [2.24, 2.45) is 0 Å². The van der Waals surface area contributed by atoms with Crippen LogP contribution in [0.3, 0.4) is 0 Å². The number of hydrogen-bond acceptors (Lipinski definition) is 3. The van der Waals surface area contributed by atoms with E-state index in [1.54, 1.807) is 40.9 Å². The number of anilines is 1. The molecule has 0 spiro atoms. The highest BCUT2D eigenvalue weighted by atomic mass is 19.2. The van der Waals surface area contributed by atoms with Crippen LogP contribution in [0.2, 0.25) is 0 Å². The number of imidazole rings is 1. The van der Waals surface area contributed by atoms with Crippen molar-refractivity contribution in [3.8, 4) is 17.0 Å². The van der Waals surface area contributed by atoms with Crippen molar-refractivity contribution in [3.05, 3.63) is 83.6 Å². The van der Waals surface area contributed by atoms with E-state index in [9.17, 15) is 13.6 Å². The number of fused-ring (bicyclic) bond motifs is 1. The third-order valence-corrected chi connectivity index (χ3v) is 4.55. The molecule has 0 radical (unpaired) electrons. The number of carbonyl (C=O) groups is 1. The zero-order valence-electron chi connectivity index (χ0n) is 15.7. The van der Waals surface area contributed by atoms with Crippen molar-refractivity contribution >= 4 is 17.4 Å². The molecule has 4 rings (SSSR count). The number of aryl methyl sites for hydroxylation is 1. The molecule has 2 heterocycles. The molecule has 4 aromatic rings. The Hall–Kier alpha value is -3.74. The lowest BCUT2D eigenvalue weighted by Crippen LogP contribution is -2.14. The predicted molar refractivity (Wildman–Crippen MR) is 106 cm³/mol. The Morgan fingerprint density at radius 2 is 1.90 bits per heavy atom. The van der Waals surface area contributed by atoms with E-state index >= 15 is 0 Å². The maximum Gasteiger partial charge on any atom is 0.256 e. The summed E-state index contributed by atoms with van der Waals surface area (Å²) in [5, 5.41) is 2.78. The number of rotatable bonds is 4. The zero-order valence-corrected chi connectivity index (χ0v) is 15.7. The smallest absolute Gasteiger partial charge is 0.256 e. The molecule has 0 bridgehead atoms. The van der Waals surface area contributed by atoms with E-state index in [2.05, 4.69) is 10.3 Å². The molecular weight excluding hydrogens is 376 g/mol. The lowest BCUT2D eigenvalue weighted by molar-refractivity contribution is 0.102. The second-order valence-electron chi connectivity index (χ2n) is 6.53. The molecule has 0 unspecified atom stereocenters. The van der Waals surface area contributed by atoms with Crippen molar-refractivity contribution in [3.63, 3.8) is 0 Å². The van der Waals surface area contributed by atoms with Gasteiger partial charge in [0.05, 0.1) is 7.11 Å². The quantitative estimate of drug-likeness (QED) is 0.539. The van der Waals surface area contributed by atoms with Crippen molar-refractivity contribution in [1.29, 1.82) is 0 Å². The van der Waals surface area contributed by atoms with Gasteiger partial charge in [0, 0.05) is 17.3 Å². The standard InChI is InChI=1S/C22H17F2N3O2/c1-13-9-10-27-18(11-13)25-20(16-7-4-8-17(23)19(16)24)21(27)26-22(28)14-5-3-6-15(12-14)29-2/h3-12H,1-2H3,(H,26,28). The average Bonchev–Trinajstić information content (AvgIpc) is 3.07. The summed E-state index contributed by atoms with van der Waals surface area (Å²) in [6.07, 6.45) is 1.72. The molecule has 0 aliphatic rings. The van der Waals surface area contributed by atoms with Crippen LogP contribution in [0.1, 0.15) is 15.9 Å². The van der Waals surface area contributed by atoms with Crippen molar-refractivity contribution in [2.45, 2.75) is 6.92 Å². The van der Waals surface area contributed by atoms with Crippen LogP contribution in [0.5, 0.6) is 5.75 Å². The van der Waals surface area contributed by atoms with E-state index in [4.69, 9.17) is 4.74 Å². The van der Waals surface area contributed by atoms with Gasteiger partial charge in [-0.25, -0.2) is 13.8 Å². The first-order valence-corrected chi connectivity index (χ1v) is 8.86. The Labute approximate surface area is 165 Å². The minimum absolute atomic E-state index is 0.0349. The van der Waals surface area contributed by atoms with Crippen LogP contribution in [0.25, 0.3) is 16.9 Å². The molecule has 2 aromatic carbocycles. The van der Waals surface area contributed by atoms with Crippen molar-refractivity contribution < 1.29 is 18.3 Å². The summed E-state index contributed by atoms with van der Waals surface area (Å²) in [4.78, 5) is 17.3. The van der Waals surface area contributed by atoms with Crippen LogP contribution in [-0.4, -0.2) is 22.4 Å². The number of halogens is 2. The Balaban J connectivity index is 1.86. The first kappa shape index (κ1) is 18.6. The fourth-order valence-electron chi connectivity index (χ4n) is 3.08. The number of pyridine rings is 1. The van der Waals surface area contributed by atoms with Gasteiger partial charge in [0.2, 0.25) is 0 Å². The number of carbonyl (C=O) groups excluding carboxylic acids is 1. The van der Waals surface area contributed by atoms with Crippen LogP contribution >= 0.6 is 0 Å². The molecule has 0 saturated carbocycles. The maximum absolute atomic E-state index is 14.5. The molecule has 1 N–H and O–H groups in total. The van der Waals surface area contributed by atoms with E-state index in [1.807, 2.05) is 13.0 Å². The highest BCUT2D eigenvalue weighted by molar-refractivity contribution is 6.06. The number of nitrogens with one attached hydrogen (secondary N) is 1. The van der Waals surface area contributed by atoms with Gasteiger partial charge in [0.25, 0.3) is 5.91 Å². The Morgan fingerprint density at radius 1 is 1.10 bits per heavy atom. The van der Waals surface area contributed by atoms with E-state index in [1.165, 1.54) is 19.2 Å². The Bertz CT molecular complexity index is 1230. The maximum atomic E-state index is 14.5. The number of ether oxygens (including phenoxy) is 1. The number of hydrogen-bond donors (Lipinski definition) is 1. The molecule has 0 fully saturated rings. The van der Waals surface area contributed by atoms with Crippen LogP contribution in [0.15, 0.2) is 60.8 Å². The summed E-state index contributed by atoms with van der Waals surface area (Å²) in [5.41, 5.74) is 1.91. The highest BCUT2D eigenvalue weighted by Gasteiger charge is 2.21. The highest BCUT2D eigenvalue weighted by Crippen LogP contribution is 2.32. The van der Waals surface area contributed by atoms with E-state index in [0.717, 1.165) is 11.6 Å². The van der Waals surface area contributed by atoms with Gasteiger partial charge in [-0.2, -0.15) is 0 Å². The molecule has 146 valence electrons. The van der Waals surface area contributed by atoms with Gasteiger partial charge in [-0.15, -0.1) is 0 Å². The topological polar surface area (TPSA) is 55.6 Å².